The second-order valence-electron chi connectivity index (χ2n) is 9.15. The molecule has 0 radical (unpaired) electrons. The number of halogens is 3. The van der Waals surface area contributed by atoms with E-state index >= 15 is 0 Å². The Hall–Kier alpha value is -2.65. The molecule has 2 fully saturated rings. The molecule has 0 aliphatic carbocycles. The summed E-state index contributed by atoms with van der Waals surface area (Å²) in [4.78, 5) is 35.2. The van der Waals surface area contributed by atoms with Gasteiger partial charge < -0.3 is 9.64 Å². The summed E-state index contributed by atoms with van der Waals surface area (Å²) >= 11 is 4.51. The number of morpholine rings is 1. The van der Waals surface area contributed by atoms with E-state index in [4.69, 9.17) is 4.74 Å². The lowest BCUT2D eigenvalue weighted by Gasteiger charge is -2.42. The van der Waals surface area contributed by atoms with Gasteiger partial charge in [0.15, 0.2) is 0 Å². The van der Waals surface area contributed by atoms with E-state index in [1.807, 2.05) is 0 Å². The number of fused-ring (bicyclic) bond motifs is 1. The van der Waals surface area contributed by atoms with Crippen molar-refractivity contribution in [2.75, 3.05) is 45.9 Å². The highest BCUT2D eigenvalue weighted by Gasteiger charge is 2.41. The van der Waals surface area contributed by atoms with Crippen molar-refractivity contribution in [3.63, 3.8) is 0 Å². The Morgan fingerprint density at radius 2 is 2.06 bits per heavy atom. The zero-order valence-electron chi connectivity index (χ0n) is 19.5. The minimum Gasteiger partial charge on any atom is -0.379 e. The van der Waals surface area contributed by atoms with Crippen molar-refractivity contribution in [1.29, 1.82) is 0 Å². The molecule has 0 unspecified atom stereocenters. The Kier molecular flexibility index (Phi) is 6.96. The summed E-state index contributed by atoms with van der Waals surface area (Å²) < 4.78 is 34.7. The number of carbonyl (C=O) groups is 1. The van der Waals surface area contributed by atoms with E-state index in [1.165, 1.54) is 40.1 Å². The Bertz CT molecular complexity index is 1450. The predicted molar refractivity (Wildman–Crippen MR) is 137 cm³/mol. The second-order valence-corrected chi connectivity index (χ2v) is 11.0. The first-order chi connectivity index (χ1) is 17.2. The third kappa shape index (κ3) is 5.09. The fraction of sp³-hybridized carbons (Fsp3) is 0.400. The number of nitrogens with zero attached hydrogens (tertiary/aromatic N) is 4. The number of likely N-dealkylation sites (tertiary alicyclic amines) is 1. The average Bonchev–Trinajstić information content (AvgIpc) is 3.21. The molecule has 4 heterocycles. The maximum Gasteiger partial charge on any atom is 0.263 e. The molecule has 2 saturated heterocycles. The number of alkyl halides is 1. The summed E-state index contributed by atoms with van der Waals surface area (Å²) in [6.45, 7) is 4.72. The van der Waals surface area contributed by atoms with E-state index in [0.29, 0.717) is 46.0 Å². The number of thiophene rings is 1. The first-order valence-corrected chi connectivity index (χ1v) is 13.1. The van der Waals surface area contributed by atoms with Gasteiger partial charge in [0.2, 0.25) is 5.91 Å². The van der Waals surface area contributed by atoms with E-state index in [2.05, 4.69) is 37.7 Å². The van der Waals surface area contributed by atoms with Crippen LogP contribution in [0.2, 0.25) is 0 Å². The first kappa shape index (κ1) is 25.0. The van der Waals surface area contributed by atoms with Gasteiger partial charge in [0.1, 0.15) is 22.9 Å². The van der Waals surface area contributed by atoms with Crippen LogP contribution >= 0.6 is 27.3 Å². The molecule has 0 bridgehead atoms. The summed E-state index contributed by atoms with van der Waals surface area (Å²) in [5.41, 5.74) is -0.618. The molecule has 2 aliphatic rings. The number of benzene rings is 1. The van der Waals surface area contributed by atoms with Crippen LogP contribution in [0, 0.1) is 17.7 Å². The van der Waals surface area contributed by atoms with Crippen molar-refractivity contribution >= 4 is 43.4 Å². The summed E-state index contributed by atoms with van der Waals surface area (Å²) in [6.07, 6.45) is 1.34. The molecule has 0 N–H and O–H groups in total. The monoisotopic (exact) mass is 576 g/mol. The van der Waals surface area contributed by atoms with Crippen LogP contribution in [0.25, 0.3) is 21.3 Å². The van der Waals surface area contributed by atoms with Crippen LogP contribution in [0.3, 0.4) is 0 Å². The van der Waals surface area contributed by atoms with Crippen LogP contribution in [0.1, 0.15) is 11.8 Å². The first-order valence-electron chi connectivity index (χ1n) is 11.4. The number of hydrogen-bond donors (Lipinski definition) is 0. The molecule has 2 aromatic heterocycles. The molecule has 188 valence electrons. The Labute approximate surface area is 218 Å². The van der Waals surface area contributed by atoms with E-state index < -0.39 is 17.0 Å². The van der Waals surface area contributed by atoms with Gasteiger partial charge in [-0.15, -0.1) is 11.3 Å². The minimum absolute atomic E-state index is 0.00639. The Morgan fingerprint density at radius 3 is 2.75 bits per heavy atom. The molecule has 1 aromatic carbocycles. The number of amides is 1. The maximum atomic E-state index is 14.0. The van der Waals surface area contributed by atoms with Crippen LogP contribution in [0.4, 0.5) is 8.78 Å². The van der Waals surface area contributed by atoms with Crippen LogP contribution in [0.5, 0.6) is 0 Å². The number of carbonyl (C=O) groups excluding carboxylic acids is 1. The lowest BCUT2D eigenvalue weighted by Crippen LogP contribution is -2.60. The lowest BCUT2D eigenvalue weighted by molar-refractivity contribution is -0.144. The van der Waals surface area contributed by atoms with Gasteiger partial charge in [0, 0.05) is 18.7 Å². The van der Waals surface area contributed by atoms with E-state index in [0.717, 1.165) is 13.1 Å². The van der Waals surface area contributed by atoms with E-state index in [-0.39, 0.29) is 30.0 Å². The number of ether oxygens (including phenoxy) is 1. The van der Waals surface area contributed by atoms with Crippen molar-refractivity contribution in [3.05, 3.63) is 50.0 Å². The summed E-state index contributed by atoms with van der Waals surface area (Å²) in [5.74, 6) is 5.60. The molecule has 36 heavy (non-hydrogen) atoms. The molecular weight excluding hydrogens is 554 g/mol. The Balaban J connectivity index is 1.54. The zero-order chi connectivity index (χ0) is 25.4. The summed E-state index contributed by atoms with van der Waals surface area (Å²) in [5, 5.41) is 0.323. The van der Waals surface area contributed by atoms with Crippen LogP contribution in [-0.4, -0.2) is 76.9 Å². The number of aromatic nitrogens is 2. The van der Waals surface area contributed by atoms with Crippen molar-refractivity contribution in [1.82, 2.24) is 19.4 Å². The largest absolute Gasteiger partial charge is 0.379 e. The quantitative estimate of drug-likeness (QED) is 0.446. The van der Waals surface area contributed by atoms with Gasteiger partial charge in [-0.05, 0) is 40.5 Å². The Morgan fingerprint density at radius 1 is 1.31 bits per heavy atom. The normalized spacial score (nSPS) is 17.5. The second kappa shape index (κ2) is 10.0. The highest BCUT2D eigenvalue weighted by molar-refractivity contribution is 9.10. The van der Waals surface area contributed by atoms with Crippen molar-refractivity contribution in [2.45, 2.75) is 19.1 Å². The molecular formula is C25H23BrF2N4O3S. The van der Waals surface area contributed by atoms with Gasteiger partial charge in [-0.25, -0.2) is 13.8 Å². The highest BCUT2D eigenvalue weighted by atomic mass is 79.9. The van der Waals surface area contributed by atoms with E-state index in [1.54, 1.807) is 12.1 Å². The van der Waals surface area contributed by atoms with Gasteiger partial charge in [-0.3, -0.25) is 19.1 Å². The molecule has 0 atom stereocenters. The molecule has 5 rings (SSSR count). The summed E-state index contributed by atoms with van der Waals surface area (Å²) in [7, 11) is 0. The zero-order valence-corrected chi connectivity index (χ0v) is 21.9. The number of hydrogen-bond acceptors (Lipinski definition) is 6. The molecule has 0 spiro atoms. The smallest absolute Gasteiger partial charge is 0.263 e. The van der Waals surface area contributed by atoms with Crippen LogP contribution < -0.4 is 5.56 Å². The molecule has 11 heteroatoms. The molecule has 1 amide bonds. The van der Waals surface area contributed by atoms with Gasteiger partial charge in [-0.1, -0.05) is 17.9 Å². The molecule has 7 nitrogen and oxygen atoms in total. The standard InChI is InChI=1S/C25H23BrF2N4O3S/c1-25(28)13-32(14-25)20(33)12-31-15-29-23-22(24(31)34)21(16-4-5-18(27)17(26)11-16)19(36-23)3-2-6-30-7-9-35-10-8-30/h4-5,11,15H,6-10,12-14H2,1H3. The van der Waals surface area contributed by atoms with E-state index in [9.17, 15) is 18.4 Å². The SMILES string of the molecule is CC1(F)CN(C(=O)Cn2cnc3sc(C#CCN4CCOCC4)c(-c4ccc(F)c(Br)c4)c3c2=O)C1. The third-order valence-electron chi connectivity index (χ3n) is 6.19. The highest BCUT2D eigenvalue weighted by Crippen LogP contribution is 2.37. The predicted octanol–water partition coefficient (Wildman–Crippen LogP) is 3.28. The summed E-state index contributed by atoms with van der Waals surface area (Å²) in [6, 6.07) is 4.52. The van der Waals surface area contributed by atoms with Gasteiger partial charge in [-0.2, -0.15) is 0 Å². The van der Waals surface area contributed by atoms with Crippen molar-refractivity contribution in [2.24, 2.45) is 0 Å². The third-order valence-corrected chi connectivity index (χ3v) is 7.82. The molecule has 3 aromatic rings. The fourth-order valence-electron chi connectivity index (χ4n) is 4.32. The van der Waals surface area contributed by atoms with Crippen molar-refractivity contribution in [3.8, 4) is 23.0 Å². The molecule has 0 saturated carbocycles. The average molecular weight is 577 g/mol. The topological polar surface area (TPSA) is 67.7 Å². The minimum atomic E-state index is -1.39. The van der Waals surface area contributed by atoms with Gasteiger partial charge >= 0.3 is 0 Å². The van der Waals surface area contributed by atoms with Crippen molar-refractivity contribution < 1.29 is 18.3 Å². The number of rotatable bonds is 4. The van der Waals surface area contributed by atoms with Gasteiger partial charge in [0.05, 0.1) is 53.9 Å². The maximum absolute atomic E-state index is 14.0. The van der Waals surface area contributed by atoms with Crippen LogP contribution in [-0.2, 0) is 16.1 Å². The van der Waals surface area contributed by atoms with Crippen LogP contribution in [0.15, 0.2) is 33.8 Å². The fourth-order valence-corrected chi connectivity index (χ4v) is 5.73. The molecule has 2 aliphatic heterocycles. The van der Waals surface area contributed by atoms with Gasteiger partial charge in [0.25, 0.3) is 5.56 Å². The lowest BCUT2D eigenvalue weighted by atomic mass is 9.99.